The summed E-state index contributed by atoms with van der Waals surface area (Å²) in [5.41, 5.74) is 10.4. The molecule has 25 heavy (non-hydrogen) atoms. The second-order valence-electron chi connectivity index (χ2n) is 5.39. The Kier molecular flexibility index (Phi) is 11.5. The molecule has 0 aromatic heterocycles. The number of guanidine groups is 2. The highest BCUT2D eigenvalue weighted by atomic mass is 16.5. The summed E-state index contributed by atoms with van der Waals surface area (Å²) in [5.74, 6) is -1.09. The van der Waals surface area contributed by atoms with Gasteiger partial charge < -0.3 is 37.5 Å². The van der Waals surface area contributed by atoms with Crippen molar-refractivity contribution < 1.29 is 14.3 Å². The average Bonchev–Trinajstić information content (AvgIpc) is 2.56. The van der Waals surface area contributed by atoms with E-state index in [0.717, 1.165) is 0 Å². The van der Waals surface area contributed by atoms with E-state index in [0.29, 0.717) is 38.8 Å². The Morgan fingerprint density at radius 3 is 1.88 bits per heavy atom. The van der Waals surface area contributed by atoms with E-state index >= 15 is 0 Å². The van der Waals surface area contributed by atoms with Crippen molar-refractivity contribution in [3.05, 3.63) is 0 Å². The molecule has 0 bridgehead atoms. The second-order valence-corrected chi connectivity index (χ2v) is 5.39. The molecule has 0 aliphatic carbocycles. The van der Waals surface area contributed by atoms with Crippen molar-refractivity contribution in [3.63, 3.8) is 0 Å². The minimum absolute atomic E-state index is 0.115. The maximum atomic E-state index is 12.3. The topological polar surface area (TPSA) is 191 Å². The van der Waals surface area contributed by atoms with Gasteiger partial charge in [-0.25, -0.2) is 4.79 Å². The van der Waals surface area contributed by atoms with Crippen molar-refractivity contribution in [3.8, 4) is 0 Å². The smallest absolute Gasteiger partial charge is 0.328 e. The van der Waals surface area contributed by atoms with Gasteiger partial charge in [-0.2, -0.15) is 0 Å². The van der Waals surface area contributed by atoms with Gasteiger partial charge in [-0.05, 0) is 32.7 Å². The van der Waals surface area contributed by atoms with Crippen molar-refractivity contribution in [2.45, 2.75) is 37.8 Å². The minimum atomic E-state index is -0.766. The number of nitrogens with one attached hydrogen (secondary N) is 6. The van der Waals surface area contributed by atoms with Crippen LogP contribution < -0.4 is 32.7 Å². The number of carbonyl (C=O) groups is 2. The molecule has 0 spiro atoms. The van der Waals surface area contributed by atoms with Crippen molar-refractivity contribution in [1.82, 2.24) is 21.3 Å². The molecule has 11 nitrogen and oxygen atoms in total. The van der Waals surface area contributed by atoms with Gasteiger partial charge in [0.1, 0.15) is 6.04 Å². The third kappa shape index (κ3) is 10.8. The Bertz CT molecular complexity index is 457. The fourth-order valence-corrected chi connectivity index (χ4v) is 2.13. The van der Waals surface area contributed by atoms with Gasteiger partial charge in [-0.15, -0.1) is 0 Å². The SMILES string of the molecule is CNC(CCCNC(=N)N)C(=O)NC(CCCNC(=N)N)C(=O)OC. The second kappa shape index (κ2) is 12.8. The average molecular weight is 358 g/mol. The Morgan fingerprint density at radius 2 is 1.48 bits per heavy atom. The molecule has 1 amide bonds. The van der Waals surface area contributed by atoms with Gasteiger partial charge in [0.05, 0.1) is 13.2 Å². The Morgan fingerprint density at radius 1 is 1.00 bits per heavy atom. The summed E-state index contributed by atoms with van der Waals surface area (Å²) in [6.45, 7) is 0.906. The van der Waals surface area contributed by atoms with E-state index in [1.54, 1.807) is 7.05 Å². The van der Waals surface area contributed by atoms with E-state index in [2.05, 4.69) is 21.3 Å². The number of likely N-dealkylation sites (N-methyl/N-ethyl adjacent to an activating group) is 1. The molecule has 0 heterocycles. The van der Waals surface area contributed by atoms with Gasteiger partial charge in [0.25, 0.3) is 0 Å². The third-order valence-electron chi connectivity index (χ3n) is 3.44. The predicted molar refractivity (Wildman–Crippen MR) is 95.1 cm³/mol. The molecule has 0 aliphatic rings. The van der Waals surface area contributed by atoms with Gasteiger partial charge in [-0.3, -0.25) is 15.6 Å². The molecule has 144 valence electrons. The number of carbonyl (C=O) groups excluding carboxylic acids is 2. The lowest BCUT2D eigenvalue weighted by Gasteiger charge is -2.21. The number of rotatable bonds is 12. The molecule has 10 N–H and O–H groups in total. The van der Waals surface area contributed by atoms with E-state index in [1.165, 1.54) is 7.11 Å². The van der Waals surface area contributed by atoms with Crippen molar-refractivity contribution in [2.24, 2.45) is 11.5 Å². The van der Waals surface area contributed by atoms with Crippen LogP contribution in [0.5, 0.6) is 0 Å². The van der Waals surface area contributed by atoms with Crippen LogP contribution in [0.15, 0.2) is 0 Å². The first-order chi connectivity index (χ1) is 11.8. The van der Waals surface area contributed by atoms with Crippen molar-refractivity contribution in [1.29, 1.82) is 10.8 Å². The van der Waals surface area contributed by atoms with Gasteiger partial charge in [0.15, 0.2) is 11.9 Å². The van der Waals surface area contributed by atoms with Gasteiger partial charge >= 0.3 is 5.97 Å². The standard InChI is InChI=1S/C14H30N8O3/c1-19-9(5-3-7-20-13(15)16)11(23)22-10(12(24)25-2)6-4-8-21-14(17)18/h9-10,19H,3-8H2,1-2H3,(H,22,23)(H4,15,16,20)(H4,17,18,21). The first kappa shape index (κ1) is 22.4. The van der Waals surface area contributed by atoms with E-state index in [4.69, 9.17) is 27.0 Å². The Balaban J connectivity index is 4.46. The normalized spacial score (nSPS) is 12.6. The number of hydrogen-bond acceptors (Lipinski definition) is 6. The number of ether oxygens (including phenoxy) is 1. The van der Waals surface area contributed by atoms with E-state index in [9.17, 15) is 9.59 Å². The minimum Gasteiger partial charge on any atom is -0.467 e. The fraction of sp³-hybridized carbons (Fsp3) is 0.714. The molecule has 0 saturated heterocycles. The summed E-state index contributed by atoms with van der Waals surface area (Å²) < 4.78 is 4.72. The first-order valence-corrected chi connectivity index (χ1v) is 8.03. The molecule has 0 aromatic rings. The van der Waals surface area contributed by atoms with Crippen LogP contribution in [0.1, 0.15) is 25.7 Å². The van der Waals surface area contributed by atoms with Crippen molar-refractivity contribution >= 4 is 23.8 Å². The Labute approximate surface area is 147 Å². The molecule has 0 aromatic carbocycles. The molecule has 0 radical (unpaired) electrons. The number of hydrogen-bond donors (Lipinski definition) is 8. The van der Waals surface area contributed by atoms with E-state index in [1.807, 2.05) is 0 Å². The fourth-order valence-electron chi connectivity index (χ4n) is 2.13. The Hall–Kier alpha value is -2.56. The lowest BCUT2D eigenvalue weighted by molar-refractivity contribution is -0.145. The predicted octanol–water partition coefficient (Wildman–Crippen LogP) is -2.24. The van der Waals surface area contributed by atoms with Gasteiger partial charge in [0.2, 0.25) is 5.91 Å². The molecule has 11 heteroatoms. The summed E-state index contributed by atoms with van der Waals surface area (Å²) in [6, 6.07) is -1.24. The highest BCUT2D eigenvalue weighted by Crippen LogP contribution is 2.03. The van der Waals surface area contributed by atoms with Crippen LogP contribution in [0.25, 0.3) is 0 Å². The zero-order valence-corrected chi connectivity index (χ0v) is 14.8. The van der Waals surface area contributed by atoms with Crippen LogP contribution in [0, 0.1) is 10.8 Å². The molecular weight excluding hydrogens is 328 g/mol. The largest absolute Gasteiger partial charge is 0.467 e. The lowest BCUT2D eigenvalue weighted by atomic mass is 10.1. The van der Waals surface area contributed by atoms with Crippen molar-refractivity contribution in [2.75, 3.05) is 27.2 Å². The highest BCUT2D eigenvalue weighted by molar-refractivity contribution is 5.87. The molecule has 2 atom stereocenters. The maximum absolute atomic E-state index is 12.3. The van der Waals surface area contributed by atoms with Crippen LogP contribution in [0.2, 0.25) is 0 Å². The maximum Gasteiger partial charge on any atom is 0.328 e. The third-order valence-corrected chi connectivity index (χ3v) is 3.44. The molecule has 0 aliphatic heterocycles. The summed E-state index contributed by atoms with van der Waals surface area (Å²) in [6.07, 6.45) is 2.04. The molecular formula is C14H30N8O3. The van der Waals surface area contributed by atoms with Crippen LogP contribution in [-0.4, -0.2) is 63.1 Å². The monoisotopic (exact) mass is 358 g/mol. The summed E-state index contributed by atoms with van der Waals surface area (Å²) in [7, 11) is 2.92. The number of methoxy groups -OCH3 is 1. The summed E-state index contributed by atoms with van der Waals surface area (Å²) in [5, 5.41) is 25.0. The number of amides is 1. The zero-order chi connectivity index (χ0) is 19.2. The lowest BCUT2D eigenvalue weighted by Crippen LogP contribution is -2.50. The zero-order valence-electron chi connectivity index (χ0n) is 14.8. The quantitative estimate of drug-likeness (QED) is 0.0830. The summed E-state index contributed by atoms with van der Waals surface area (Å²) in [4.78, 5) is 24.2. The molecule has 0 rings (SSSR count). The van der Waals surface area contributed by atoms with Crippen LogP contribution in [0.4, 0.5) is 0 Å². The number of nitrogens with two attached hydrogens (primary N) is 2. The van der Waals surface area contributed by atoms with E-state index < -0.39 is 18.1 Å². The van der Waals surface area contributed by atoms with Crippen LogP contribution in [0.3, 0.4) is 0 Å². The molecule has 2 unspecified atom stereocenters. The van der Waals surface area contributed by atoms with Crippen LogP contribution in [-0.2, 0) is 14.3 Å². The first-order valence-electron chi connectivity index (χ1n) is 8.03. The highest BCUT2D eigenvalue weighted by Gasteiger charge is 2.24. The van der Waals surface area contributed by atoms with Gasteiger partial charge in [0, 0.05) is 13.1 Å². The molecule has 0 saturated carbocycles. The van der Waals surface area contributed by atoms with Gasteiger partial charge in [-0.1, -0.05) is 0 Å². The molecule has 0 fully saturated rings. The van der Waals surface area contributed by atoms with Crippen LogP contribution >= 0.6 is 0 Å². The van der Waals surface area contributed by atoms with E-state index in [-0.39, 0.29) is 17.8 Å². The summed E-state index contributed by atoms with van der Waals surface area (Å²) >= 11 is 0. The number of esters is 1.